The lowest BCUT2D eigenvalue weighted by Crippen LogP contribution is -2.35. The molecule has 3 aromatic carbocycles. The first-order chi connectivity index (χ1) is 14.3. The van der Waals surface area contributed by atoms with Crippen LogP contribution in [0.3, 0.4) is 0 Å². The maximum atomic E-state index is 13.2. The molecule has 0 unspecified atom stereocenters. The fourth-order valence-corrected chi connectivity index (χ4v) is 5.64. The summed E-state index contributed by atoms with van der Waals surface area (Å²) in [6, 6.07) is 18.6. The van der Waals surface area contributed by atoms with Gasteiger partial charge < -0.3 is 5.32 Å². The molecule has 0 spiro atoms. The van der Waals surface area contributed by atoms with E-state index in [-0.39, 0.29) is 16.8 Å². The summed E-state index contributed by atoms with van der Waals surface area (Å²) in [5, 5.41) is 3.46. The Morgan fingerprint density at radius 3 is 2.53 bits per heavy atom. The predicted octanol–water partition coefficient (Wildman–Crippen LogP) is 5.04. The number of fused-ring (bicyclic) bond motifs is 1. The average Bonchev–Trinajstić information content (AvgIpc) is 3.07. The normalized spacial score (nSPS) is 15.7. The molecule has 3 aromatic rings. The number of carbonyl (C=O) groups is 1. The van der Waals surface area contributed by atoms with E-state index in [9.17, 15) is 13.2 Å². The fraction of sp³-hybridized carbons (Fsp3) is 0.174. The van der Waals surface area contributed by atoms with Gasteiger partial charge in [0.1, 0.15) is 0 Å². The molecule has 1 aliphatic rings. The van der Waals surface area contributed by atoms with Gasteiger partial charge in [0.2, 0.25) is 0 Å². The van der Waals surface area contributed by atoms with Crippen molar-refractivity contribution in [2.75, 3.05) is 9.62 Å². The Morgan fingerprint density at radius 2 is 1.80 bits per heavy atom. The summed E-state index contributed by atoms with van der Waals surface area (Å²) in [5.41, 5.74) is 3.36. The van der Waals surface area contributed by atoms with Crippen LogP contribution in [0.25, 0.3) is 0 Å². The molecule has 4 rings (SSSR count). The van der Waals surface area contributed by atoms with Crippen LogP contribution in [0.4, 0.5) is 11.4 Å². The van der Waals surface area contributed by atoms with Gasteiger partial charge in [0.05, 0.1) is 10.6 Å². The third-order valence-corrected chi connectivity index (χ3v) is 7.66. The highest BCUT2D eigenvalue weighted by Gasteiger charge is 2.36. The highest BCUT2D eigenvalue weighted by molar-refractivity contribution is 7.92. The van der Waals surface area contributed by atoms with E-state index in [0.717, 1.165) is 11.1 Å². The van der Waals surface area contributed by atoms with Crippen molar-refractivity contribution in [2.24, 2.45) is 0 Å². The number of carbonyl (C=O) groups excluding carboxylic acids is 1. The molecule has 0 bridgehead atoms. The van der Waals surface area contributed by atoms with Crippen molar-refractivity contribution in [3.8, 4) is 0 Å². The molecule has 1 heterocycles. The van der Waals surface area contributed by atoms with E-state index in [2.05, 4.69) is 5.32 Å². The number of hydrogen-bond acceptors (Lipinski definition) is 3. The van der Waals surface area contributed by atoms with Crippen LogP contribution < -0.4 is 9.62 Å². The van der Waals surface area contributed by atoms with E-state index in [1.54, 1.807) is 66.7 Å². The second-order valence-corrected chi connectivity index (χ2v) is 9.60. The Labute approximate surface area is 181 Å². The molecule has 154 valence electrons. The molecule has 30 heavy (non-hydrogen) atoms. The minimum atomic E-state index is -3.68. The third kappa shape index (κ3) is 3.57. The number of hydrogen-bond donors (Lipinski definition) is 1. The zero-order chi connectivity index (χ0) is 21.5. The van der Waals surface area contributed by atoms with Crippen molar-refractivity contribution in [2.45, 2.75) is 31.2 Å². The van der Waals surface area contributed by atoms with Crippen LogP contribution in [0.5, 0.6) is 0 Å². The number of nitrogens with zero attached hydrogens (tertiary/aromatic N) is 1. The van der Waals surface area contributed by atoms with Crippen LogP contribution in [0.1, 0.15) is 28.4 Å². The summed E-state index contributed by atoms with van der Waals surface area (Å²) in [6.45, 7) is 3.71. The monoisotopic (exact) mass is 440 g/mol. The Morgan fingerprint density at radius 1 is 1.07 bits per heavy atom. The molecular weight excluding hydrogens is 420 g/mol. The number of nitrogens with one attached hydrogen (secondary N) is 1. The average molecular weight is 441 g/mol. The summed E-state index contributed by atoms with van der Waals surface area (Å²) in [5.74, 6) is -0.264. The van der Waals surface area contributed by atoms with Gasteiger partial charge in [0, 0.05) is 22.3 Å². The number of sulfonamides is 1. The SMILES string of the molecule is Cc1c(Cl)cccc1NC(=O)c1ccc2c(c1)C[C@H](C)N2S(=O)(=O)c1ccccc1. The molecule has 1 atom stereocenters. The molecule has 0 fully saturated rings. The van der Waals surface area contributed by atoms with Crippen LogP contribution in [0.2, 0.25) is 5.02 Å². The van der Waals surface area contributed by atoms with Crippen LogP contribution >= 0.6 is 11.6 Å². The lowest BCUT2D eigenvalue weighted by atomic mass is 10.1. The number of anilines is 2. The molecule has 0 saturated heterocycles. The lowest BCUT2D eigenvalue weighted by molar-refractivity contribution is 0.102. The zero-order valence-electron chi connectivity index (χ0n) is 16.6. The van der Waals surface area contributed by atoms with E-state index < -0.39 is 10.0 Å². The van der Waals surface area contributed by atoms with Crippen molar-refractivity contribution in [3.05, 3.63) is 88.4 Å². The standard InChI is InChI=1S/C23H21ClN2O3S/c1-15-13-18-14-17(23(27)25-21-10-6-9-20(24)16(21)2)11-12-22(18)26(15)30(28,29)19-7-4-3-5-8-19/h3-12,14-15H,13H2,1-2H3,(H,25,27)/t15-/m0/s1. The van der Waals surface area contributed by atoms with Gasteiger partial charge in [-0.2, -0.15) is 0 Å². The Balaban J connectivity index is 1.64. The van der Waals surface area contributed by atoms with Crippen LogP contribution in [0, 0.1) is 6.92 Å². The molecule has 0 aliphatic carbocycles. The van der Waals surface area contributed by atoms with E-state index in [1.807, 2.05) is 13.8 Å². The van der Waals surface area contributed by atoms with Crippen LogP contribution in [-0.2, 0) is 16.4 Å². The fourth-order valence-electron chi connectivity index (χ4n) is 3.75. The Kier molecular flexibility index (Phi) is 5.30. The van der Waals surface area contributed by atoms with Crippen molar-refractivity contribution in [1.29, 1.82) is 0 Å². The van der Waals surface area contributed by atoms with E-state index in [1.165, 1.54) is 4.31 Å². The Bertz CT molecular complexity index is 1230. The van der Waals surface area contributed by atoms with E-state index >= 15 is 0 Å². The molecule has 0 saturated carbocycles. The van der Waals surface area contributed by atoms with Gasteiger partial charge in [-0.3, -0.25) is 9.10 Å². The quantitative estimate of drug-likeness (QED) is 0.618. The van der Waals surface area contributed by atoms with Crippen molar-refractivity contribution >= 4 is 38.9 Å². The third-order valence-electron chi connectivity index (χ3n) is 5.31. The van der Waals surface area contributed by atoms with Gasteiger partial charge in [-0.25, -0.2) is 8.42 Å². The lowest BCUT2D eigenvalue weighted by Gasteiger charge is -2.24. The second kappa shape index (κ2) is 7.78. The van der Waals surface area contributed by atoms with Gasteiger partial charge in [-0.1, -0.05) is 35.9 Å². The largest absolute Gasteiger partial charge is 0.322 e. The van der Waals surface area contributed by atoms with Crippen molar-refractivity contribution in [3.63, 3.8) is 0 Å². The first kappa shape index (κ1) is 20.4. The van der Waals surface area contributed by atoms with Gasteiger partial charge in [0.15, 0.2) is 0 Å². The summed E-state index contributed by atoms with van der Waals surface area (Å²) in [6.07, 6.45) is 0.540. The summed E-state index contributed by atoms with van der Waals surface area (Å²) >= 11 is 6.13. The number of benzene rings is 3. The molecule has 1 aliphatic heterocycles. The van der Waals surface area contributed by atoms with Crippen LogP contribution in [0.15, 0.2) is 71.6 Å². The van der Waals surface area contributed by atoms with E-state index in [4.69, 9.17) is 11.6 Å². The minimum Gasteiger partial charge on any atom is -0.322 e. The predicted molar refractivity (Wildman–Crippen MR) is 120 cm³/mol. The van der Waals surface area contributed by atoms with Gasteiger partial charge in [-0.05, 0) is 73.9 Å². The molecule has 0 radical (unpaired) electrons. The smallest absolute Gasteiger partial charge is 0.264 e. The molecule has 1 amide bonds. The first-order valence-corrected chi connectivity index (χ1v) is 11.4. The maximum absolute atomic E-state index is 13.2. The first-order valence-electron chi connectivity index (χ1n) is 9.58. The highest BCUT2D eigenvalue weighted by Crippen LogP contribution is 2.37. The van der Waals surface area contributed by atoms with Crippen LogP contribution in [-0.4, -0.2) is 20.4 Å². The molecular formula is C23H21ClN2O3S. The number of halogens is 1. The number of rotatable bonds is 4. The molecule has 1 N–H and O–H groups in total. The second-order valence-electron chi connectivity index (χ2n) is 7.38. The summed E-state index contributed by atoms with van der Waals surface area (Å²) in [4.78, 5) is 13.0. The maximum Gasteiger partial charge on any atom is 0.264 e. The topological polar surface area (TPSA) is 66.5 Å². The Hall–Kier alpha value is -2.83. The van der Waals surface area contributed by atoms with Gasteiger partial charge >= 0.3 is 0 Å². The molecule has 5 nitrogen and oxygen atoms in total. The van der Waals surface area contributed by atoms with Crippen molar-refractivity contribution in [1.82, 2.24) is 0 Å². The summed E-state index contributed by atoms with van der Waals surface area (Å²) in [7, 11) is -3.68. The molecule has 7 heteroatoms. The van der Waals surface area contributed by atoms with E-state index in [0.29, 0.717) is 28.4 Å². The number of amides is 1. The minimum absolute atomic E-state index is 0.237. The highest BCUT2D eigenvalue weighted by atomic mass is 35.5. The summed E-state index contributed by atoms with van der Waals surface area (Å²) < 4.78 is 27.8. The van der Waals surface area contributed by atoms with Crippen molar-refractivity contribution < 1.29 is 13.2 Å². The van der Waals surface area contributed by atoms with Gasteiger partial charge in [-0.15, -0.1) is 0 Å². The van der Waals surface area contributed by atoms with Gasteiger partial charge in [0.25, 0.3) is 15.9 Å². The molecule has 0 aromatic heterocycles. The zero-order valence-corrected chi connectivity index (χ0v) is 18.2.